The van der Waals surface area contributed by atoms with E-state index in [4.69, 9.17) is 10.00 Å². The first-order valence-corrected chi connectivity index (χ1v) is 8.38. The molecule has 1 amide bonds. The van der Waals surface area contributed by atoms with Crippen LogP contribution in [0, 0.1) is 11.3 Å². The van der Waals surface area contributed by atoms with Crippen LogP contribution >= 0.6 is 0 Å². The average molecular weight is 354 g/mol. The fourth-order valence-corrected chi connectivity index (χ4v) is 3.67. The SMILES string of the molecule is CC1CN(C(=O)c2cn[nH]n2)CC2(CCN(c3cncc(C#N)n3)C2)O1. The molecule has 0 radical (unpaired) electrons. The highest BCUT2D eigenvalue weighted by atomic mass is 16.5. The van der Waals surface area contributed by atoms with Gasteiger partial charge in [-0.1, -0.05) is 0 Å². The van der Waals surface area contributed by atoms with Gasteiger partial charge in [0.25, 0.3) is 5.91 Å². The zero-order valence-electron chi connectivity index (χ0n) is 14.3. The molecule has 4 heterocycles. The van der Waals surface area contributed by atoms with E-state index in [9.17, 15) is 4.79 Å². The summed E-state index contributed by atoms with van der Waals surface area (Å²) >= 11 is 0. The molecule has 2 unspecified atom stereocenters. The van der Waals surface area contributed by atoms with Crippen molar-refractivity contribution < 1.29 is 9.53 Å². The first-order valence-electron chi connectivity index (χ1n) is 8.38. The lowest BCUT2D eigenvalue weighted by molar-refractivity contribution is -0.127. The molecule has 1 N–H and O–H groups in total. The summed E-state index contributed by atoms with van der Waals surface area (Å²) in [6.07, 6.45) is 5.19. The van der Waals surface area contributed by atoms with Crippen molar-refractivity contribution in [1.29, 1.82) is 5.26 Å². The molecule has 0 aromatic carbocycles. The van der Waals surface area contributed by atoms with Crippen LogP contribution in [-0.2, 0) is 4.74 Å². The van der Waals surface area contributed by atoms with Gasteiger partial charge < -0.3 is 14.5 Å². The highest BCUT2D eigenvalue weighted by Crippen LogP contribution is 2.33. The van der Waals surface area contributed by atoms with Gasteiger partial charge in [-0.15, -0.1) is 0 Å². The van der Waals surface area contributed by atoms with Gasteiger partial charge in [0.2, 0.25) is 0 Å². The highest BCUT2D eigenvalue weighted by molar-refractivity contribution is 5.92. The van der Waals surface area contributed by atoms with Crippen molar-refractivity contribution in [3.63, 3.8) is 0 Å². The zero-order chi connectivity index (χ0) is 18.1. The standard InChI is InChI=1S/C16H18N8O2/c1-11-8-24(15(25)13-6-19-22-21-13)10-16(26-11)2-3-23(9-16)14-7-18-5-12(4-17)20-14/h5-7,11H,2-3,8-10H2,1H3,(H,19,21,22). The van der Waals surface area contributed by atoms with Crippen LogP contribution in [0.3, 0.4) is 0 Å². The van der Waals surface area contributed by atoms with Crippen molar-refractivity contribution in [2.45, 2.75) is 25.0 Å². The first kappa shape index (κ1) is 16.4. The van der Waals surface area contributed by atoms with Gasteiger partial charge in [0.05, 0.1) is 37.8 Å². The molecule has 4 rings (SSSR count). The lowest BCUT2D eigenvalue weighted by Crippen LogP contribution is -2.57. The third kappa shape index (κ3) is 2.97. The van der Waals surface area contributed by atoms with E-state index in [1.807, 2.05) is 17.9 Å². The summed E-state index contributed by atoms with van der Waals surface area (Å²) in [7, 11) is 0. The Labute approximate surface area is 149 Å². The molecule has 0 saturated carbocycles. The summed E-state index contributed by atoms with van der Waals surface area (Å²) in [6.45, 7) is 4.26. The van der Waals surface area contributed by atoms with E-state index in [0.717, 1.165) is 13.0 Å². The minimum atomic E-state index is -0.471. The fourth-order valence-electron chi connectivity index (χ4n) is 3.67. The van der Waals surface area contributed by atoms with Crippen LogP contribution < -0.4 is 4.90 Å². The molecule has 26 heavy (non-hydrogen) atoms. The number of H-pyrrole nitrogens is 1. The maximum Gasteiger partial charge on any atom is 0.276 e. The molecule has 2 saturated heterocycles. The molecule has 2 atom stereocenters. The molecule has 0 aliphatic carbocycles. The number of morpholine rings is 1. The number of hydrogen-bond acceptors (Lipinski definition) is 8. The summed E-state index contributed by atoms with van der Waals surface area (Å²) < 4.78 is 6.25. The van der Waals surface area contributed by atoms with Crippen LogP contribution in [-0.4, -0.2) is 74.1 Å². The molecule has 10 heteroatoms. The Kier molecular flexibility index (Phi) is 4.00. The van der Waals surface area contributed by atoms with Crippen LogP contribution in [0.4, 0.5) is 5.82 Å². The van der Waals surface area contributed by atoms with Crippen LogP contribution in [0.5, 0.6) is 0 Å². The third-order valence-corrected chi connectivity index (χ3v) is 4.71. The molecule has 2 fully saturated rings. The van der Waals surface area contributed by atoms with E-state index >= 15 is 0 Å². The van der Waals surface area contributed by atoms with E-state index < -0.39 is 5.60 Å². The molecule has 2 aromatic rings. The average Bonchev–Trinajstić information content (AvgIpc) is 3.31. The largest absolute Gasteiger partial charge is 0.366 e. The molecule has 10 nitrogen and oxygen atoms in total. The number of nitrogens with zero attached hydrogens (tertiary/aromatic N) is 7. The first-order chi connectivity index (χ1) is 12.6. The van der Waals surface area contributed by atoms with Crippen molar-refractivity contribution in [3.05, 3.63) is 30.0 Å². The zero-order valence-corrected chi connectivity index (χ0v) is 14.3. The van der Waals surface area contributed by atoms with Crippen molar-refractivity contribution >= 4 is 11.7 Å². The topological polar surface area (TPSA) is 124 Å². The van der Waals surface area contributed by atoms with Crippen molar-refractivity contribution in [2.75, 3.05) is 31.1 Å². The Morgan fingerprint density at radius 2 is 2.31 bits per heavy atom. The maximum absolute atomic E-state index is 12.7. The van der Waals surface area contributed by atoms with Gasteiger partial charge in [-0.2, -0.15) is 20.7 Å². The third-order valence-electron chi connectivity index (χ3n) is 4.71. The summed E-state index contributed by atoms with van der Waals surface area (Å²) in [5.41, 5.74) is 0.113. The van der Waals surface area contributed by atoms with E-state index in [-0.39, 0.29) is 17.7 Å². The number of aromatic nitrogens is 5. The Bertz CT molecular complexity index is 848. The van der Waals surface area contributed by atoms with Gasteiger partial charge in [-0.25, -0.2) is 4.98 Å². The number of aromatic amines is 1. The molecular formula is C16H18N8O2. The number of nitrogens with one attached hydrogen (secondary N) is 1. The van der Waals surface area contributed by atoms with Crippen molar-refractivity contribution in [3.8, 4) is 6.07 Å². The minimum absolute atomic E-state index is 0.0870. The number of amides is 1. The fraction of sp³-hybridized carbons (Fsp3) is 0.500. The van der Waals surface area contributed by atoms with Gasteiger partial charge in [0, 0.05) is 13.1 Å². The lowest BCUT2D eigenvalue weighted by Gasteiger charge is -2.43. The highest BCUT2D eigenvalue weighted by Gasteiger charge is 2.46. The van der Waals surface area contributed by atoms with E-state index in [0.29, 0.717) is 31.1 Å². The van der Waals surface area contributed by atoms with Gasteiger partial charge in [-0.3, -0.25) is 9.78 Å². The van der Waals surface area contributed by atoms with Crippen LogP contribution in [0.1, 0.15) is 29.5 Å². The predicted molar refractivity (Wildman–Crippen MR) is 89.1 cm³/mol. The molecule has 2 aliphatic rings. The maximum atomic E-state index is 12.7. The number of rotatable bonds is 2. The van der Waals surface area contributed by atoms with Gasteiger partial charge in [0.15, 0.2) is 11.4 Å². The summed E-state index contributed by atoms with van der Waals surface area (Å²) in [6, 6.07) is 2.01. The molecule has 2 aliphatic heterocycles. The molecule has 1 spiro atoms. The summed E-state index contributed by atoms with van der Waals surface area (Å²) in [5, 5.41) is 19.1. The smallest absolute Gasteiger partial charge is 0.276 e. The number of carbonyl (C=O) groups is 1. The number of nitriles is 1. The van der Waals surface area contributed by atoms with Crippen LogP contribution in [0.25, 0.3) is 0 Å². The number of hydrogen-bond donors (Lipinski definition) is 1. The summed E-state index contributed by atoms with van der Waals surface area (Å²) in [5.74, 6) is 0.495. The Balaban J connectivity index is 1.53. The van der Waals surface area contributed by atoms with Crippen molar-refractivity contribution in [1.82, 2.24) is 30.3 Å². The van der Waals surface area contributed by atoms with E-state index in [1.165, 1.54) is 12.4 Å². The van der Waals surface area contributed by atoms with Gasteiger partial charge in [-0.05, 0) is 13.3 Å². The molecular weight excluding hydrogens is 336 g/mol. The Morgan fingerprint density at radius 1 is 1.42 bits per heavy atom. The minimum Gasteiger partial charge on any atom is -0.366 e. The Morgan fingerprint density at radius 3 is 3.08 bits per heavy atom. The monoisotopic (exact) mass is 354 g/mol. The van der Waals surface area contributed by atoms with Gasteiger partial charge in [0.1, 0.15) is 17.5 Å². The second kappa shape index (κ2) is 6.34. The number of anilines is 1. The second-order valence-electron chi connectivity index (χ2n) is 6.70. The predicted octanol–water partition coefficient (Wildman–Crippen LogP) is -0.0236. The number of carbonyl (C=O) groups excluding carboxylic acids is 1. The Hall–Kier alpha value is -3.06. The van der Waals surface area contributed by atoms with E-state index in [2.05, 4.69) is 25.4 Å². The summed E-state index contributed by atoms with van der Waals surface area (Å²) in [4.78, 5) is 24.9. The van der Waals surface area contributed by atoms with E-state index in [1.54, 1.807) is 11.1 Å². The second-order valence-corrected chi connectivity index (χ2v) is 6.70. The number of ether oxygens (including phenoxy) is 1. The quantitative estimate of drug-likeness (QED) is 0.798. The molecule has 0 bridgehead atoms. The lowest BCUT2D eigenvalue weighted by atomic mass is 9.99. The molecule has 134 valence electrons. The molecule has 2 aromatic heterocycles. The normalized spacial score (nSPS) is 25.5. The van der Waals surface area contributed by atoms with Gasteiger partial charge >= 0.3 is 0 Å². The van der Waals surface area contributed by atoms with Crippen LogP contribution in [0.2, 0.25) is 0 Å². The van der Waals surface area contributed by atoms with Crippen LogP contribution in [0.15, 0.2) is 18.6 Å². The van der Waals surface area contributed by atoms with Crippen molar-refractivity contribution in [2.24, 2.45) is 0 Å².